The molecule has 5 heteroatoms. The molecule has 0 bridgehead atoms. The number of nitrogens with zero attached hydrogens (tertiary/aromatic N) is 2. The van der Waals surface area contributed by atoms with Gasteiger partial charge in [0.1, 0.15) is 5.82 Å². The Bertz CT molecular complexity index is 402. The van der Waals surface area contributed by atoms with Crippen molar-refractivity contribution in [3.63, 3.8) is 0 Å². The molecule has 1 heterocycles. The van der Waals surface area contributed by atoms with Crippen molar-refractivity contribution in [1.29, 1.82) is 0 Å². The van der Waals surface area contributed by atoms with Crippen molar-refractivity contribution in [2.45, 2.75) is 39.5 Å². The van der Waals surface area contributed by atoms with E-state index in [1.807, 2.05) is 6.92 Å². The van der Waals surface area contributed by atoms with E-state index in [9.17, 15) is 0 Å². The van der Waals surface area contributed by atoms with Gasteiger partial charge in [0.25, 0.3) is 0 Å². The SMILES string of the molecule is CCNc1ncc(Br)c(NCC2(C)CCCC2)n1. The summed E-state index contributed by atoms with van der Waals surface area (Å²) in [6, 6.07) is 0. The zero-order valence-corrected chi connectivity index (χ0v) is 12.7. The Morgan fingerprint density at radius 2 is 2.06 bits per heavy atom. The highest BCUT2D eigenvalue weighted by atomic mass is 79.9. The maximum atomic E-state index is 4.47. The Balaban J connectivity index is 2.01. The number of rotatable bonds is 5. The van der Waals surface area contributed by atoms with Gasteiger partial charge < -0.3 is 10.6 Å². The van der Waals surface area contributed by atoms with Crippen LogP contribution in [0.4, 0.5) is 11.8 Å². The maximum absolute atomic E-state index is 4.47. The summed E-state index contributed by atoms with van der Waals surface area (Å²) >= 11 is 3.49. The summed E-state index contributed by atoms with van der Waals surface area (Å²) < 4.78 is 0.922. The van der Waals surface area contributed by atoms with Crippen LogP contribution >= 0.6 is 15.9 Å². The summed E-state index contributed by atoms with van der Waals surface area (Å²) in [6.07, 6.45) is 7.12. The summed E-state index contributed by atoms with van der Waals surface area (Å²) in [6.45, 7) is 6.21. The van der Waals surface area contributed by atoms with Crippen molar-refractivity contribution in [2.75, 3.05) is 23.7 Å². The van der Waals surface area contributed by atoms with E-state index in [4.69, 9.17) is 0 Å². The molecule has 100 valence electrons. The molecule has 0 aliphatic heterocycles. The highest BCUT2D eigenvalue weighted by Gasteiger charge is 2.28. The molecule has 0 amide bonds. The van der Waals surface area contributed by atoms with Gasteiger partial charge in [-0.1, -0.05) is 19.8 Å². The van der Waals surface area contributed by atoms with Crippen molar-refractivity contribution in [3.05, 3.63) is 10.7 Å². The second-order valence-electron chi connectivity index (χ2n) is 5.29. The van der Waals surface area contributed by atoms with Crippen molar-refractivity contribution in [1.82, 2.24) is 9.97 Å². The first-order valence-corrected chi connectivity index (χ1v) is 7.42. The fourth-order valence-electron chi connectivity index (χ4n) is 2.44. The highest BCUT2D eigenvalue weighted by molar-refractivity contribution is 9.10. The molecule has 0 aromatic carbocycles. The fourth-order valence-corrected chi connectivity index (χ4v) is 2.77. The third-order valence-electron chi connectivity index (χ3n) is 3.57. The van der Waals surface area contributed by atoms with E-state index in [1.165, 1.54) is 25.7 Å². The smallest absolute Gasteiger partial charge is 0.224 e. The lowest BCUT2D eigenvalue weighted by Gasteiger charge is -2.24. The van der Waals surface area contributed by atoms with Gasteiger partial charge in [0.05, 0.1) is 4.47 Å². The molecule has 0 atom stereocenters. The highest BCUT2D eigenvalue weighted by Crippen LogP contribution is 2.37. The number of hydrogen-bond acceptors (Lipinski definition) is 4. The summed E-state index contributed by atoms with van der Waals surface area (Å²) in [4.78, 5) is 8.69. The predicted octanol–water partition coefficient (Wildman–Crippen LogP) is 3.66. The van der Waals surface area contributed by atoms with E-state index in [0.29, 0.717) is 11.4 Å². The largest absolute Gasteiger partial charge is 0.368 e. The minimum atomic E-state index is 0.419. The predicted molar refractivity (Wildman–Crippen MR) is 79.0 cm³/mol. The number of anilines is 2. The topological polar surface area (TPSA) is 49.8 Å². The lowest BCUT2D eigenvalue weighted by Crippen LogP contribution is -2.23. The van der Waals surface area contributed by atoms with Gasteiger partial charge in [-0.3, -0.25) is 0 Å². The van der Waals surface area contributed by atoms with Crippen LogP contribution in [0.3, 0.4) is 0 Å². The van der Waals surface area contributed by atoms with Crippen LogP contribution in [0.25, 0.3) is 0 Å². The molecule has 0 unspecified atom stereocenters. The molecule has 1 aliphatic carbocycles. The molecule has 4 nitrogen and oxygen atoms in total. The number of aromatic nitrogens is 2. The Labute approximate surface area is 117 Å². The normalized spacial score (nSPS) is 17.7. The monoisotopic (exact) mass is 312 g/mol. The van der Waals surface area contributed by atoms with E-state index in [2.05, 4.69) is 43.5 Å². The van der Waals surface area contributed by atoms with E-state index in [-0.39, 0.29) is 0 Å². The summed E-state index contributed by atoms with van der Waals surface area (Å²) in [5.74, 6) is 1.56. The molecular formula is C13H21BrN4. The van der Waals surface area contributed by atoms with Gasteiger partial charge in [-0.05, 0) is 41.1 Å². The molecule has 2 N–H and O–H groups in total. The van der Waals surface area contributed by atoms with Crippen molar-refractivity contribution >= 4 is 27.7 Å². The van der Waals surface area contributed by atoms with Crippen molar-refractivity contribution < 1.29 is 0 Å². The quantitative estimate of drug-likeness (QED) is 0.871. The third kappa shape index (κ3) is 3.34. The minimum absolute atomic E-state index is 0.419. The molecule has 1 aliphatic rings. The van der Waals surface area contributed by atoms with Gasteiger partial charge in [0, 0.05) is 19.3 Å². The lowest BCUT2D eigenvalue weighted by molar-refractivity contribution is 0.361. The van der Waals surface area contributed by atoms with Crippen LogP contribution in [0.15, 0.2) is 10.7 Å². The van der Waals surface area contributed by atoms with Crippen LogP contribution in [0.5, 0.6) is 0 Å². The van der Waals surface area contributed by atoms with Gasteiger partial charge >= 0.3 is 0 Å². The Kier molecular flexibility index (Phi) is 4.43. The van der Waals surface area contributed by atoms with E-state index >= 15 is 0 Å². The Morgan fingerprint density at radius 3 is 2.72 bits per heavy atom. The van der Waals surface area contributed by atoms with Crippen LogP contribution in [0, 0.1) is 5.41 Å². The van der Waals surface area contributed by atoms with Crippen molar-refractivity contribution in [3.8, 4) is 0 Å². The summed E-state index contributed by atoms with van der Waals surface area (Å²) in [7, 11) is 0. The second kappa shape index (κ2) is 5.87. The molecule has 1 aromatic rings. The molecule has 1 aromatic heterocycles. The molecular weight excluding hydrogens is 292 g/mol. The van der Waals surface area contributed by atoms with E-state index in [1.54, 1.807) is 6.20 Å². The van der Waals surface area contributed by atoms with Crippen LogP contribution in [-0.4, -0.2) is 23.1 Å². The number of hydrogen-bond donors (Lipinski definition) is 2. The summed E-state index contributed by atoms with van der Waals surface area (Å²) in [5, 5.41) is 6.59. The van der Waals surface area contributed by atoms with Crippen LogP contribution in [0.1, 0.15) is 39.5 Å². The number of halogens is 1. The molecule has 2 rings (SSSR count). The standard InChI is InChI=1S/C13H21BrN4/c1-3-15-12-16-8-10(14)11(18-12)17-9-13(2)6-4-5-7-13/h8H,3-7,9H2,1-2H3,(H2,15,16,17,18). The third-order valence-corrected chi connectivity index (χ3v) is 4.15. The first-order valence-electron chi connectivity index (χ1n) is 6.63. The van der Waals surface area contributed by atoms with Crippen molar-refractivity contribution in [2.24, 2.45) is 5.41 Å². The van der Waals surface area contributed by atoms with Gasteiger partial charge in [0.15, 0.2) is 0 Å². The minimum Gasteiger partial charge on any atom is -0.368 e. The average Bonchev–Trinajstić information content (AvgIpc) is 2.78. The zero-order chi connectivity index (χ0) is 13.0. The fraction of sp³-hybridized carbons (Fsp3) is 0.692. The Hall–Kier alpha value is -0.840. The second-order valence-corrected chi connectivity index (χ2v) is 6.15. The first-order chi connectivity index (χ1) is 8.63. The molecule has 0 spiro atoms. The van der Waals surface area contributed by atoms with Gasteiger partial charge in [0.2, 0.25) is 5.95 Å². The van der Waals surface area contributed by atoms with E-state index in [0.717, 1.165) is 23.4 Å². The maximum Gasteiger partial charge on any atom is 0.224 e. The van der Waals surface area contributed by atoms with Crippen LogP contribution in [0.2, 0.25) is 0 Å². The molecule has 0 saturated heterocycles. The zero-order valence-electron chi connectivity index (χ0n) is 11.1. The Morgan fingerprint density at radius 1 is 1.33 bits per heavy atom. The molecule has 18 heavy (non-hydrogen) atoms. The number of nitrogens with one attached hydrogen (secondary N) is 2. The van der Waals surface area contributed by atoms with E-state index < -0.39 is 0 Å². The van der Waals surface area contributed by atoms with Gasteiger partial charge in [-0.25, -0.2) is 4.98 Å². The molecule has 0 radical (unpaired) electrons. The molecule has 1 saturated carbocycles. The average molecular weight is 313 g/mol. The lowest BCUT2D eigenvalue weighted by atomic mass is 9.89. The molecule has 1 fully saturated rings. The first kappa shape index (κ1) is 13.6. The summed E-state index contributed by atoms with van der Waals surface area (Å²) in [5.41, 5.74) is 0.419. The van der Waals surface area contributed by atoms with Gasteiger partial charge in [-0.15, -0.1) is 0 Å². The van der Waals surface area contributed by atoms with Crippen LogP contribution < -0.4 is 10.6 Å². The van der Waals surface area contributed by atoms with Crippen LogP contribution in [-0.2, 0) is 0 Å². The van der Waals surface area contributed by atoms with Gasteiger partial charge in [-0.2, -0.15) is 4.98 Å².